The monoisotopic (exact) mass is 531 g/mol. The van der Waals surface area contributed by atoms with Gasteiger partial charge in [0.25, 0.3) is 0 Å². The number of allylic oxidation sites excluding steroid dienone is 2. The first-order valence-electron chi connectivity index (χ1n) is 10.7. The summed E-state index contributed by atoms with van der Waals surface area (Å²) in [6, 6.07) is 6.65. The molecule has 200 valence electrons. The van der Waals surface area contributed by atoms with Crippen LogP contribution in [0.3, 0.4) is 0 Å². The third kappa shape index (κ3) is 7.82. The van der Waals surface area contributed by atoms with E-state index in [4.69, 9.17) is 25.7 Å². The highest BCUT2D eigenvalue weighted by Crippen LogP contribution is 2.39. The highest BCUT2D eigenvalue weighted by molar-refractivity contribution is 7.83. The van der Waals surface area contributed by atoms with Gasteiger partial charge in [-0.05, 0) is 30.7 Å². The number of ether oxygens (including phenoxy) is 3. The number of benzene rings is 2. The minimum atomic E-state index is -4.82. The van der Waals surface area contributed by atoms with Gasteiger partial charge in [0.15, 0.2) is 5.88 Å². The molecule has 8 nitrogen and oxygen atoms in total. The Morgan fingerprint density at radius 1 is 1.06 bits per heavy atom. The number of methoxy groups -OCH3 is 3. The Morgan fingerprint density at radius 3 is 2.17 bits per heavy atom. The van der Waals surface area contributed by atoms with Gasteiger partial charge in [-0.1, -0.05) is 19.9 Å². The molecular formula is C24H32F3N3O5S. The maximum atomic E-state index is 13.8. The molecule has 0 amide bonds. The van der Waals surface area contributed by atoms with Crippen LogP contribution >= 0.6 is 0 Å². The molecule has 1 unspecified atom stereocenters. The zero-order valence-corrected chi connectivity index (χ0v) is 21.8. The number of halogens is 3. The number of nitrogens with one attached hydrogen (secondary N) is 1. The fourth-order valence-corrected chi connectivity index (χ4v) is 4.09. The third-order valence-electron chi connectivity index (χ3n) is 4.77. The summed E-state index contributed by atoms with van der Waals surface area (Å²) < 4.78 is 72.5. The van der Waals surface area contributed by atoms with Gasteiger partial charge in [0.2, 0.25) is 0 Å². The van der Waals surface area contributed by atoms with Gasteiger partial charge in [-0.2, -0.15) is 13.2 Å². The van der Waals surface area contributed by atoms with Crippen molar-refractivity contribution in [3.8, 4) is 17.2 Å². The van der Waals surface area contributed by atoms with Crippen LogP contribution in [0, 0.1) is 0 Å². The lowest BCUT2D eigenvalue weighted by Crippen LogP contribution is -2.21. The fraction of sp³-hybridized carbons (Fsp3) is 0.333. The Morgan fingerprint density at radius 2 is 1.67 bits per heavy atom. The Balaban J connectivity index is 0.00000316. The molecule has 2 aromatic carbocycles. The number of alkyl halides is 3. The van der Waals surface area contributed by atoms with Crippen LogP contribution in [0.15, 0.2) is 52.8 Å². The standard InChI is InChI=1S/C22H26F3N3O5S.C2H6/c1-12(7-20(26)29)21(27)15-9-19(16(22(23,24)25)10-18(15)33-4)34(30)28-11-13-5-6-14(31-2)8-17(13)32-3;1-2/h5-10,28-29H,11,26-27H2,1-4H3;1-2H3/b20-7+,21-12-;. The summed E-state index contributed by atoms with van der Waals surface area (Å²) in [4.78, 5) is -0.549. The lowest BCUT2D eigenvalue weighted by molar-refractivity contribution is -0.139. The summed E-state index contributed by atoms with van der Waals surface area (Å²) in [5.74, 6) is 0.208. The molecule has 0 fully saturated rings. The van der Waals surface area contributed by atoms with E-state index in [1.807, 2.05) is 13.8 Å². The van der Waals surface area contributed by atoms with Crippen LogP contribution in [-0.4, -0.2) is 30.6 Å². The van der Waals surface area contributed by atoms with Crippen molar-refractivity contribution in [2.75, 3.05) is 21.3 Å². The van der Waals surface area contributed by atoms with Gasteiger partial charge in [-0.25, -0.2) is 8.93 Å². The number of aliphatic hydroxyl groups is 1. The minimum absolute atomic E-state index is 0.0161. The molecule has 6 N–H and O–H groups in total. The van der Waals surface area contributed by atoms with Gasteiger partial charge < -0.3 is 30.8 Å². The lowest BCUT2D eigenvalue weighted by atomic mass is 10.0. The zero-order valence-electron chi connectivity index (χ0n) is 20.9. The van der Waals surface area contributed by atoms with Crippen LogP contribution in [0.2, 0.25) is 0 Å². The molecule has 0 bridgehead atoms. The van der Waals surface area contributed by atoms with E-state index in [-0.39, 0.29) is 29.1 Å². The van der Waals surface area contributed by atoms with Gasteiger partial charge >= 0.3 is 6.18 Å². The maximum absolute atomic E-state index is 13.8. The van der Waals surface area contributed by atoms with E-state index in [0.29, 0.717) is 17.1 Å². The number of nitrogens with two attached hydrogens (primary N) is 2. The second kappa shape index (κ2) is 13.6. The van der Waals surface area contributed by atoms with Crippen LogP contribution < -0.4 is 30.4 Å². The lowest BCUT2D eigenvalue weighted by Gasteiger charge is -2.18. The molecule has 36 heavy (non-hydrogen) atoms. The van der Waals surface area contributed by atoms with Crippen molar-refractivity contribution in [2.24, 2.45) is 11.5 Å². The fourth-order valence-electron chi connectivity index (χ4n) is 3.05. The molecule has 2 aromatic rings. The van der Waals surface area contributed by atoms with Gasteiger partial charge in [-0.3, -0.25) is 0 Å². The molecule has 0 aromatic heterocycles. The molecule has 0 saturated carbocycles. The predicted molar refractivity (Wildman–Crippen MR) is 134 cm³/mol. The quantitative estimate of drug-likeness (QED) is 0.275. The SMILES string of the molecule is CC.COc1ccc(CNS(=O)c2cc(/C(N)=C(C)/C=C(\N)O)c(OC)cc2C(F)(F)F)c(OC)c1. The molecule has 0 aliphatic rings. The van der Waals surface area contributed by atoms with Gasteiger partial charge in [0.05, 0.1) is 31.8 Å². The van der Waals surface area contributed by atoms with Crippen LogP contribution in [0.25, 0.3) is 5.70 Å². The van der Waals surface area contributed by atoms with Crippen molar-refractivity contribution >= 4 is 16.7 Å². The zero-order chi connectivity index (χ0) is 27.6. The van der Waals surface area contributed by atoms with Crippen molar-refractivity contribution in [2.45, 2.75) is 38.4 Å². The summed E-state index contributed by atoms with van der Waals surface area (Å²) in [5.41, 5.74) is 11.0. The summed E-state index contributed by atoms with van der Waals surface area (Å²) >= 11 is 0. The first-order chi connectivity index (χ1) is 16.9. The van der Waals surface area contributed by atoms with E-state index in [0.717, 1.165) is 18.2 Å². The summed E-state index contributed by atoms with van der Waals surface area (Å²) in [6.07, 6.45) is -3.68. The topological polar surface area (TPSA) is 129 Å². The molecule has 0 aliphatic carbocycles. The molecule has 0 aliphatic heterocycles. The smallest absolute Gasteiger partial charge is 0.417 e. The van der Waals surface area contributed by atoms with Crippen molar-refractivity contribution in [3.63, 3.8) is 0 Å². The van der Waals surface area contributed by atoms with Crippen LogP contribution in [-0.2, 0) is 23.7 Å². The first kappa shape index (κ1) is 30.7. The Hall–Kier alpha value is -3.38. The van der Waals surface area contributed by atoms with Crippen molar-refractivity contribution in [3.05, 3.63) is 64.6 Å². The Kier molecular flexibility index (Phi) is 11.6. The number of hydrogen-bond donors (Lipinski definition) is 4. The van der Waals surface area contributed by atoms with Gasteiger partial charge in [0.1, 0.15) is 28.2 Å². The van der Waals surface area contributed by atoms with Crippen LogP contribution in [0.1, 0.15) is 37.5 Å². The second-order valence-corrected chi connectivity index (χ2v) is 8.25. The average molecular weight is 532 g/mol. The molecular weight excluding hydrogens is 499 g/mol. The average Bonchev–Trinajstić information content (AvgIpc) is 2.85. The Labute approximate surface area is 211 Å². The Bertz CT molecular complexity index is 1130. The molecule has 1 atom stereocenters. The summed E-state index contributed by atoms with van der Waals surface area (Å²) in [6.45, 7) is 5.44. The van der Waals surface area contributed by atoms with Crippen molar-refractivity contribution in [1.29, 1.82) is 0 Å². The minimum Gasteiger partial charge on any atom is -0.497 e. The molecule has 2 rings (SSSR count). The molecule has 0 saturated heterocycles. The largest absolute Gasteiger partial charge is 0.497 e. The van der Waals surface area contributed by atoms with E-state index >= 15 is 0 Å². The molecule has 0 radical (unpaired) electrons. The normalized spacial score (nSPS) is 13.2. The van der Waals surface area contributed by atoms with E-state index in [9.17, 15) is 22.5 Å². The highest BCUT2D eigenvalue weighted by atomic mass is 32.2. The van der Waals surface area contributed by atoms with E-state index in [1.54, 1.807) is 18.2 Å². The summed E-state index contributed by atoms with van der Waals surface area (Å²) in [5, 5.41) is 9.29. The molecule has 12 heteroatoms. The first-order valence-corrected chi connectivity index (χ1v) is 11.9. The predicted octanol–water partition coefficient (Wildman–Crippen LogP) is 4.62. The van der Waals surface area contributed by atoms with Crippen LogP contribution in [0.5, 0.6) is 17.2 Å². The number of hydrogen-bond acceptors (Lipinski definition) is 7. The van der Waals surface area contributed by atoms with Crippen molar-refractivity contribution in [1.82, 2.24) is 4.72 Å². The van der Waals surface area contributed by atoms with Gasteiger partial charge in [-0.15, -0.1) is 0 Å². The summed E-state index contributed by atoms with van der Waals surface area (Å²) in [7, 11) is 1.79. The highest BCUT2D eigenvalue weighted by Gasteiger charge is 2.36. The molecule has 0 heterocycles. The third-order valence-corrected chi connectivity index (χ3v) is 5.92. The molecule has 0 spiro atoms. The van der Waals surface area contributed by atoms with Gasteiger partial charge in [0, 0.05) is 35.5 Å². The maximum Gasteiger partial charge on any atom is 0.417 e. The van der Waals surface area contributed by atoms with E-state index < -0.39 is 33.5 Å². The second-order valence-electron chi connectivity index (χ2n) is 6.98. The van der Waals surface area contributed by atoms with Crippen molar-refractivity contribution < 1.29 is 36.7 Å². The van der Waals surface area contributed by atoms with Crippen LogP contribution in [0.4, 0.5) is 13.2 Å². The van der Waals surface area contributed by atoms with E-state index in [2.05, 4.69) is 4.72 Å². The number of rotatable bonds is 9. The number of aliphatic hydroxyl groups excluding tert-OH is 1. The van der Waals surface area contributed by atoms with E-state index in [1.165, 1.54) is 28.3 Å².